The van der Waals surface area contributed by atoms with Gasteiger partial charge in [-0.25, -0.2) is 0 Å². The lowest BCUT2D eigenvalue weighted by Crippen LogP contribution is -2.52. The van der Waals surface area contributed by atoms with Crippen LogP contribution in [0, 0.1) is 52.3 Å². The lowest BCUT2D eigenvalue weighted by Gasteiger charge is -2.60. The van der Waals surface area contributed by atoms with Gasteiger partial charge in [0, 0.05) is 10.6 Å². The van der Waals surface area contributed by atoms with Crippen molar-refractivity contribution in [3.63, 3.8) is 0 Å². The smallest absolute Gasteiger partial charge is 0.0114 e. The second kappa shape index (κ2) is 8.53. The molecule has 168 valence electrons. The van der Waals surface area contributed by atoms with E-state index in [1.807, 2.05) is 0 Å². The Balaban J connectivity index is 1.48. The van der Waals surface area contributed by atoms with Crippen LogP contribution in [0.4, 0.5) is 0 Å². The minimum Gasteiger partial charge on any atom is -0.0785 e. The second-order valence-electron chi connectivity index (χ2n) is 12.5. The number of allylic oxidation sites excluding steroid dienone is 2. The predicted molar refractivity (Wildman–Crippen MR) is 126 cm³/mol. The Labute approximate surface area is 185 Å². The minimum atomic E-state index is 0.430. The molecule has 0 aromatic heterocycles. The Kier molecular flexibility index (Phi) is 6.33. The largest absolute Gasteiger partial charge is 0.0785 e. The third kappa shape index (κ3) is 3.74. The number of azide groups is 1. The van der Waals surface area contributed by atoms with Gasteiger partial charge in [0.1, 0.15) is 0 Å². The summed E-state index contributed by atoms with van der Waals surface area (Å²) in [6.45, 7) is 12.6. The average molecular weight is 412 g/mol. The summed E-state index contributed by atoms with van der Waals surface area (Å²) in [4.78, 5) is 3.07. The van der Waals surface area contributed by atoms with Gasteiger partial charge in [0.05, 0.1) is 0 Å². The van der Waals surface area contributed by atoms with Gasteiger partial charge >= 0.3 is 0 Å². The standard InChI is InChI=1S/C27H45N3/c1-18(2)7-6-8-19(3)23-11-12-24-22-10-9-20-17-21(29-30-28)13-15-26(20,4)25(22)14-16-27(23,24)5/h13,18-20,22-25H,6-12,14-17H2,1-5H3/t19-,20+,22+,23-,24+,25+,26+,27-/m1/s1. The molecule has 3 nitrogen and oxygen atoms in total. The molecule has 0 aliphatic heterocycles. The molecule has 30 heavy (non-hydrogen) atoms. The molecule has 0 radical (unpaired) electrons. The van der Waals surface area contributed by atoms with Crippen LogP contribution >= 0.6 is 0 Å². The highest BCUT2D eigenvalue weighted by atomic mass is 15.1. The Morgan fingerprint density at radius 1 is 1.03 bits per heavy atom. The molecule has 0 aromatic rings. The normalized spacial score (nSPS) is 43.8. The van der Waals surface area contributed by atoms with Crippen LogP contribution in [0.3, 0.4) is 0 Å². The molecule has 3 fully saturated rings. The van der Waals surface area contributed by atoms with Crippen molar-refractivity contribution in [2.45, 2.75) is 105 Å². The summed E-state index contributed by atoms with van der Waals surface area (Å²) in [5.74, 6) is 6.19. The molecule has 0 bridgehead atoms. The first-order chi connectivity index (χ1) is 14.3. The van der Waals surface area contributed by atoms with Crippen LogP contribution in [-0.4, -0.2) is 0 Å². The summed E-state index contributed by atoms with van der Waals surface area (Å²) in [7, 11) is 0. The topological polar surface area (TPSA) is 48.8 Å². The van der Waals surface area contributed by atoms with E-state index in [0.717, 1.165) is 60.0 Å². The average Bonchev–Trinajstić information content (AvgIpc) is 3.05. The summed E-state index contributed by atoms with van der Waals surface area (Å²) in [6.07, 6.45) is 17.3. The van der Waals surface area contributed by atoms with E-state index < -0.39 is 0 Å². The zero-order valence-electron chi connectivity index (χ0n) is 20.2. The zero-order valence-corrected chi connectivity index (χ0v) is 20.2. The molecule has 0 amide bonds. The van der Waals surface area contributed by atoms with E-state index in [0.29, 0.717) is 10.8 Å². The van der Waals surface area contributed by atoms with Gasteiger partial charge in [0.2, 0.25) is 0 Å². The Morgan fingerprint density at radius 2 is 1.80 bits per heavy atom. The zero-order chi connectivity index (χ0) is 21.5. The van der Waals surface area contributed by atoms with Crippen molar-refractivity contribution in [3.8, 4) is 0 Å². The number of fused-ring (bicyclic) bond motifs is 5. The fourth-order valence-corrected chi connectivity index (χ4v) is 9.03. The van der Waals surface area contributed by atoms with E-state index in [1.165, 1.54) is 57.8 Å². The number of nitrogens with zero attached hydrogens (tertiary/aromatic N) is 3. The molecule has 3 saturated carbocycles. The van der Waals surface area contributed by atoms with Gasteiger partial charge in [-0.15, -0.1) is 0 Å². The van der Waals surface area contributed by atoms with Gasteiger partial charge in [0.15, 0.2) is 0 Å². The molecule has 0 N–H and O–H groups in total. The van der Waals surface area contributed by atoms with Crippen molar-refractivity contribution in [3.05, 3.63) is 22.2 Å². The summed E-state index contributed by atoms with van der Waals surface area (Å²) in [6, 6.07) is 0. The maximum atomic E-state index is 8.87. The van der Waals surface area contributed by atoms with Crippen molar-refractivity contribution in [2.75, 3.05) is 0 Å². The maximum absolute atomic E-state index is 8.87. The summed E-state index contributed by atoms with van der Waals surface area (Å²) in [5.41, 5.74) is 10.9. The summed E-state index contributed by atoms with van der Waals surface area (Å²) in [5, 5.41) is 3.98. The van der Waals surface area contributed by atoms with Crippen LogP contribution in [-0.2, 0) is 0 Å². The first kappa shape index (κ1) is 22.3. The van der Waals surface area contributed by atoms with Gasteiger partial charge in [-0.1, -0.05) is 65.1 Å². The fourth-order valence-electron chi connectivity index (χ4n) is 9.03. The van der Waals surface area contributed by atoms with Gasteiger partial charge in [0.25, 0.3) is 0 Å². The number of hydrogen-bond acceptors (Lipinski definition) is 1. The van der Waals surface area contributed by atoms with Crippen LogP contribution in [0.5, 0.6) is 0 Å². The summed E-state index contributed by atoms with van der Waals surface area (Å²) >= 11 is 0. The molecule has 0 spiro atoms. The van der Waals surface area contributed by atoms with Crippen molar-refractivity contribution < 1.29 is 0 Å². The van der Waals surface area contributed by atoms with E-state index in [-0.39, 0.29) is 0 Å². The number of hydrogen-bond donors (Lipinski definition) is 0. The van der Waals surface area contributed by atoms with E-state index in [4.69, 9.17) is 5.53 Å². The quantitative estimate of drug-likeness (QED) is 0.238. The highest BCUT2D eigenvalue weighted by Crippen LogP contribution is 2.68. The van der Waals surface area contributed by atoms with Crippen LogP contribution in [0.1, 0.15) is 105 Å². The van der Waals surface area contributed by atoms with E-state index in [9.17, 15) is 0 Å². The van der Waals surface area contributed by atoms with E-state index in [1.54, 1.807) is 0 Å². The van der Waals surface area contributed by atoms with Gasteiger partial charge < -0.3 is 0 Å². The Bertz CT molecular complexity index is 705. The Morgan fingerprint density at radius 3 is 2.53 bits per heavy atom. The fraction of sp³-hybridized carbons (Fsp3) is 0.926. The van der Waals surface area contributed by atoms with Crippen LogP contribution in [0.2, 0.25) is 0 Å². The number of rotatable bonds is 6. The maximum Gasteiger partial charge on any atom is 0.0114 e. The van der Waals surface area contributed by atoms with Crippen LogP contribution in [0.25, 0.3) is 10.4 Å². The lowest BCUT2D eigenvalue weighted by molar-refractivity contribution is -0.102. The molecule has 4 aliphatic rings. The molecule has 0 saturated heterocycles. The minimum absolute atomic E-state index is 0.430. The molecule has 4 aliphatic carbocycles. The third-order valence-corrected chi connectivity index (χ3v) is 10.7. The van der Waals surface area contributed by atoms with Gasteiger partial charge in [-0.05, 0) is 109 Å². The highest BCUT2D eigenvalue weighted by molar-refractivity contribution is 5.16. The van der Waals surface area contributed by atoms with Crippen LogP contribution < -0.4 is 0 Å². The first-order valence-corrected chi connectivity index (χ1v) is 13.0. The Hall–Kier alpha value is -0.950. The molecular formula is C27H45N3. The van der Waals surface area contributed by atoms with Crippen molar-refractivity contribution >= 4 is 0 Å². The first-order valence-electron chi connectivity index (χ1n) is 13.0. The van der Waals surface area contributed by atoms with Crippen molar-refractivity contribution in [1.82, 2.24) is 0 Å². The second-order valence-corrected chi connectivity index (χ2v) is 12.5. The molecule has 4 rings (SSSR count). The van der Waals surface area contributed by atoms with Crippen molar-refractivity contribution in [1.29, 1.82) is 0 Å². The molecule has 0 aromatic carbocycles. The van der Waals surface area contributed by atoms with Gasteiger partial charge in [-0.2, -0.15) is 0 Å². The van der Waals surface area contributed by atoms with Crippen LogP contribution in [0.15, 0.2) is 16.9 Å². The SMILES string of the molecule is CC(C)CCC[C@@H](C)[C@H]1CC[C@H]2[C@@H]3CC[C@H]4CC(N=[N+]=[N-])=CC[C@]4(C)[C@H]3CC[C@]12C. The monoisotopic (exact) mass is 411 g/mol. The van der Waals surface area contributed by atoms with E-state index in [2.05, 4.69) is 50.7 Å². The van der Waals surface area contributed by atoms with Crippen molar-refractivity contribution in [2.24, 2.45) is 57.4 Å². The highest BCUT2D eigenvalue weighted by Gasteiger charge is 2.60. The lowest BCUT2D eigenvalue weighted by atomic mass is 9.45. The molecule has 0 unspecified atom stereocenters. The van der Waals surface area contributed by atoms with Gasteiger partial charge in [-0.3, -0.25) is 0 Å². The molecular weight excluding hydrogens is 366 g/mol. The molecule has 3 heteroatoms. The summed E-state index contributed by atoms with van der Waals surface area (Å²) < 4.78 is 0. The third-order valence-electron chi connectivity index (χ3n) is 10.7. The predicted octanol–water partition coefficient (Wildman–Crippen LogP) is 8.91. The molecule has 0 heterocycles. The molecule has 8 atom stereocenters. The van der Waals surface area contributed by atoms with E-state index >= 15 is 0 Å².